The smallest absolute Gasteiger partial charge is 0.339 e. The first-order valence-corrected chi connectivity index (χ1v) is 4.56. The number of benzene rings is 1. The molecule has 4 heteroatoms. The first-order valence-electron chi connectivity index (χ1n) is 4.56. The molecule has 0 heterocycles. The summed E-state index contributed by atoms with van der Waals surface area (Å²) >= 11 is 0. The first kappa shape index (κ1) is 11.7. The fourth-order valence-electron chi connectivity index (χ4n) is 1.36. The van der Waals surface area contributed by atoms with E-state index in [0.717, 1.165) is 0 Å². The van der Waals surface area contributed by atoms with Crippen LogP contribution in [0.1, 0.15) is 30.3 Å². The molecule has 0 aromatic heterocycles. The normalized spacial score (nSPS) is 14.4. The zero-order valence-electron chi connectivity index (χ0n) is 8.61. The molecule has 0 aliphatic heterocycles. The van der Waals surface area contributed by atoms with Crippen LogP contribution in [0.5, 0.6) is 0 Å². The van der Waals surface area contributed by atoms with Crippen LogP contribution in [0.15, 0.2) is 24.3 Å². The molecule has 1 aromatic rings. The topological polar surface area (TPSA) is 46.5 Å². The Morgan fingerprint density at radius 1 is 1.40 bits per heavy atom. The summed E-state index contributed by atoms with van der Waals surface area (Å²) in [6.45, 7) is 1.35. The van der Waals surface area contributed by atoms with Gasteiger partial charge >= 0.3 is 5.97 Å². The van der Waals surface area contributed by atoms with Gasteiger partial charge in [-0.3, -0.25) is 0 Å². The maximum atomic E-state index is 13.2. The van der Waals surface area contributed by atoms with E-state index in [0.29, 0.717) is 5.56 Å². The van der Waals surface area contributed by atoms with Gasteiger partial charge in [0.2, 0.25) is 0 Å². The molecule has 0 saturated carbocycles. The van der Waals surface area contributed by atoms with E-state index in [1.165, 1.54) is 26.2 Å². The van der Waals surface area contributed by atoms with Crippen LogP contribution >= 0.6 is 0 Å². The Morgan fingerprint density at radius 2 is 1.93 bits per heavy atom. The van der Waals surface area contributed by atoms with E-state index in [2.05, 4.69) is 4.74 Å². The van der Waals surface area contributed by atoms with Gasteiger partial charge in [0.05, 0.1) is 7.11 Å². The van der Waals surface area contributed by atoms with Crippen LogP contribution < -0.4 is 0 Å². The van der Waals surface area contributed by atoms with Crippen LogP contribution in [0.3, 0.4) is 0 Å². The minimum Gasteiger partial charge on any atom is -0.467 e. The lowest BCUT2D eigenvalue weighted by molar-refractivity contribution is -0.150. The zero-order valence-corrected chi connectivity index (χ0v) is 8.61. The Labute approximate surface area is 87.5 Å². The standard InChI is InChI=1S/C11H13FO3/c1-7(12)8-5-3-4-6-9(8)10(13)11(14)15-2/h3-7,10,13H,1-2H3. The van der Waals surface area contributed by atoms with Crippen molar-refractivity contribution in [3.8, 4) is 0 Å². The average Bonchev–Trinajstić information content (AvgIpc) is 2.27. The van der Waals surface area contributed by atoms with Gasteiger partial charge in [0.1, 0.15) is 6.17 Å². The predicted octanol–water partition coefficient (Wildman–Crippen LogP) is 1.92. The SMILES string of the molecule is COC(=O)C(O)c1ccccc1C(C)F. The molecule has 0 aliphatic rings. The number of rotatable bonds is 3. The third-order valence-electron chi connectivity index (χ3n) is 2.14. The van der Waals surface area contributed by atoms with Crippen molar-refractivity contribution in [1.82, 2.24) is 0 Å². The summed E-state index contributed by atoms with van der Waals surface area (Å²) in [5.41, 5.74) is 0.551. The van der Waals surface area contributed by atoms with Crippen LogP contribution in [-0.2, 0) is 9.53 Å². The summed E-state index contributed by atoms with van der Waals surface area (Å²) in [4.78, 5) is 11.1. The van der Waals surface area contributed by atoms with E-state index in [-0.39, 0.29) is 5.56 Å². The van der Waals surface area contributed by atoms with E-state index in [1.54, 1.807) is 12.1 Å². The van der Waals surface area contributed by atoms with E-state index >= 15 is 0 Å². The van der Waals surface area contributed by atoms with Gasteiger partial charge < -0.3 is 9.84 Å². The van der Waals surface area contributed by atoms with Crippen molar-refractivity contribution in [2.24, 2.45) is 0 Å². The fourth-order valence-corrected chi connectivity index (χ4v) is 1.36. The molecule has 0 aliphatic carbocycles. The van der Waals surface area contributed by atoms with Crippen molar-refractivity contribution >= 4 is 5.97 Å². The molecule has 0 amide bonds. The lowest BCUT2D eigenvalue weighted by Crippen LogP contribution is -2.15. The second-order valence-corrected chi connectivity index (χ2v) is 3.17. The number of aliphatic hydroxyl groups is 1. The second-order valence-electron chi connectivity index (χ2n) is 3.17. The maximum absolute atomic E-state index is 13.2. The monoisotopic (exact) mass is 212 g/mol. The fraction of sp³-hybridized carbons (Fsp3) is 0.364. The lowest BCUT2D eigenvalue weighted by atomic mass is 9.99. The number of hydrogen-bond donors (Lipinski definition) is 1. The number of hydrogen-bond acceptors (Lipinski definition) is 3. The summed E-state index contributed by atoms with van der Waals surface area (Å²) in [7, 11) is 1.17. The molecule has 82 valence electrons. The summed E-state index contributed by atoms with van der Waals surface area (Å²) in [6, 6.07) is 6.32. The molecule has 0 spiro atoms. The molecule has 0 bridgehead atoms. The Morgan fingerprint density at radius 3 is 2.40 bits per heavy atom. The zero-order chi connectivity index (χ0) is 11.4. The third kappa shape index (κ3) is 2.53. The van der Waals surface area contributed by atoms with Gasteiger partial charge in [-0.15, -0.1) is 0 Å². The Kier molecular flexibility index (Phi) is 3.80. The molecular formula is C11H13FO3. The highest BCUT2D eigenvalue weighted by Crippen LogP contribution is 2.26. The van der Waals surface area contributed by atoms with Crippen molar-refractivity contribution in [3.05, 3.63) is 35.4 Å². The van der Waals surface area contributed by atoms with Crippen LogP contribution in [0, 0.1) is 0 Å². The summed E-state index contributed by atoms with van der Waals surface area (Å²) in [6.07, 6.45) is -2.66. The summed E-state index contributed by atoms with van der Waals surface area (Å²) in [5, 5.41) is 9.58. The quantitative estimate of drug-likeness (QED) is 0.778. The van der Waals surface area contributed by atoms with Crippen molar-refractivity contribution in [1.29, 1.82) is 0 Å². The summed E-state index contributed by atoms with van der Waals surface area (Å²) < 4.78 is 17.5. The van der Waals surface area contributed by atoms with Crippen LogP contribution in [0.4, 0.5) is 4.39 Å². The maximum Gasteiger partial charge on any atom is 0.339 e. The Bertz CT molecular complexity index is 349. The van der Waals surface area contributed by atoms with Gasteiger partial charge in [0, 0.05) is 0 Å². The lowest BCUT2D eigenvalue weighted by Gasteiger charge is -2.14. The number of alkyl halides is 1. The van der Waals surface area contributed by atoms with Crippen molar-refractivity contribution in [2.45, 2.75) is 19.2 Å². The second kappa shape index (κ2) is 4.89. The Hall–Kier alpha value is -1.42. The molecule has 0 radical (unpaired) electrons. The molecule has 0 fully saturated rings. The van der Waals surface area contributed by atoms with Crippen LogP contribution in [-0.4, -0.2) is 18.2 Å². The van der Waals surface area contributed by atoms with Gasteiger partial charge in [-0.2, -0.15) is 0 Å². The highest BCUT2D eigenvalue weighted by molar-refractivity contribution is 5.76. The van der Waals surface area contributed by atoms with E-state index in [9.17, 15) is 14.3 Å². The third-order valence-corrected chi connectivity index (χ3v) is 2.14. The van der Waals surface area contributed by atoms with Gasteiger partial charge in [-0.25, -0.2) is 9.18 Å². The number of methoxy groups -OCH3 is 1. The molecule has 3 nitrogen and oxygen atoms in total. The molecule has 1 N–H and O–H groups in total. The molecular weight excluding hydrogens is 199 g/mol. The first-order chi connectivity index (χ1) is 7.07. The number of halogens is 1. The van der Waals surface area contributed by atoms with Crippen molar-refractivity contribution in [3.63, 3.8) is 0 Å². The van der Waals surface area contributed by atoms with E-state index in [4.69, 9.17) is 0 Å². The predicted molar refractivity (Wildman–Crippen MR) is 52.9 cm³/mol. The van der Waals surface area contributed by atoms with E-state index < -0.39 is 18.2 Å². The largest absolute Gasteiger partial charge is 0.467 e. The van der Waals surface area contributed by atoms with Gasteiger partial charge in [0.15, 0.2) is 6.10 Å². The number of carbonyl (C=O) groups is 1. The van der Waals surface area contributed by atoms with Crippen LogP contribution in [0.25, 0.3) is 0 Å². The van der Waals surface area contributed by atoms with E-state index in [1.807, 2.05) is 0 Å². The van der Waals surface area contributed by atoms with Gasteiger partial charge in [-0.1, -0.05) is 24.3 Å². The van der Waals surface area contributed by atoms with Gasteiger partial charge in [0.25, 0.3) is 0 Å². The van der Waals surface area contributed by atoms with Crippen LogP contribution in [0.2, 0.25) is 0 Å². The number of ether oxygens (including phenoxy) is 1. The van der Waals surface area contributed by atoms with Crippen molar-refractivity contribution in [2.75, 3.05) is 7.11 Å². The minimum atomic E-state index is -1.43. The molecule has 2 atom stereocenters. The highest BCUT2D eigenvalue weighted by Gasteiger charge is 2.22. The van der Waals surface area contributed by atoms with Gasteiger partial charge in [-0.05, 0) is 18.1 Å². The molecule has 15 heavy (non-hydrogen) atoms. The number of esters is 1. The van der Waals surface area contributed by atoms with Crippen molar-refractivity contribution < 1.29 is 19.0 Å². The molecule has 0 saturated heterocycles. The Balaban J connectivity index is 3.07. The highest BCUT2D eigenvalue weighted by atomic mass is 19.1. The molecule has 2 unspecified atom stereocenters. The summed E-state index contributed by atoms with van der Waals surface area (Å²) in [5.74, 6) is -0.789. The molecule has 1 rings (SSSR count). The molecule has 1 aromatic carbocycles. The minimum absolute atomic E-state index is 0.249. The number of aliphatic hydroxyl groups excluding tert-OH is 1. The number of carbonyl (C=O) groups excluding carboxylic acids is 1. The average molecular weight is 212 g/mol.